The topological polar surface area (TPSA) is 75.4 Å². The Labute approximate surface area is 191 Å². The van der Waals surface area contributed by atoms with E-state index in [1.54, 1.807) is 21.6 Å². The Kier molecular flexibility index (Phi) is 5.01. The van der Waals surface area contributed by atoms with Gasteiger partial charge >= 0.3 is 0 Å². The Bertz CT molecular complexity index is 1480. The van der Waals surface area contributed by atoms with Gasteiger partial charge < -0.3 is 10.0 Å². The van der Waals surface area contributed by atoms with E-state index < -0.39 is 0 Å². The van der Waals surface area contributed by atoms with E-state index >= 15 is 0 Å². The molecule has 33 heavy (non-hydrogen) atoms. The van der Waals surface area contributed by atoms with Crippen LogP contribution in [0.2, 0.25) is 0 Å². The molecule has 1 aromatic heterocycles. The number of amides is 1. The molecule has 3 aromatic carbocycles. The molecule has 1 amide bonds. The van der Waals surface area contributed by atoms with Crippen LogP contribution in [0.25, 0.3) is 32.8 Å². The van der Waals surface area contributed by atoms with E-state index in [0.29, 0.717) is 29.8 Å². The van der Waals surface area contributed by atoms with Crippen LogP contribution in [0.4, 0.5) is 0 Å². The molecule has 0 aliphatic carbocycles. The second-order valence-corrected chi connectivity index (χ2v) is 8.83. The zero-order valence-electron chi connectivity index (χ0n) is 18.7. The van der Waals surface area contributed by atoms with Crippen LogP contribution >= 0.6 is 0 Å². The SMILES string of the molecule is C=CC(=O)N1CC(c2nc3ccc(-c4cc(O)cc5ccccc45)cc3c(=O)n2C(C)C)C1. The van der Waals surface area contributed by atoms with Crippen molar-refractivity contribution in [3.8, 4) is 16.9 Å². The number of fused-ring (bicyclic) bond motifs is 2. The minimum Gasteiger partial charge on any atom is -0.508 e. The molecular weight excluding hydrogens is 414 g/mol. The summed E-state index contributed by atoms with van der Waals surface area (Å²) in [6, 6.07) is 16.9. The minimum atomic E-state index is -0.103. The van der Waals surface area contributed by atoms with Crippen LogP contribution in [-0.4, -0.2) is 38.6 Å². The van der Waals surface area contributed by atoms with Crippen molar-refractivity contribution in [3.05, 3.63) is 83.4 Å². The van der Waals surface area contributed by atoms with Crippen LogP contribution in [0, 0.1) is 0 Å². The van der Waals surface area contributed by atoms with Gasteiger partial charge in [-0.25, -0.2) is 4.98 Å². The fraction of sp³-hybridized carbons (Fsp3) is 0.222. The van der Waals surface area contributed by atoms with Crippen molar-refractivity contribution in [1.29, 1.82) is 0 Å². The third-order valence-corrected chi connectivity index (χ3v) is 6.33. The van der Waals surface area contributed by atoms with Crippen molar-refractivity contribution in [2.45, 2.75) is 25.8 Å². The highest BCUT2D eigenvalue weighted by atomic mass is 16.3. The first-order chi connectivity index (χ1) is 15.9. The van der Waals surface area contributed by atoms with Crippen molar-refractivity contribution in [2.24, 2.45) is 0 Å². The summed E-state index contributed by atoms with van der Waals surface area (Å²) in [4.78, 5) is 32.0. The highest BCUT2D eigenvalue weighted by molar-refractivity contribution is 5.99. The average Bonchev–Trinajstić information content (AvgIpc) is 2.77. The number of aromatic hydroxyl groups is 1. The number of phenolic OH excluding ortho intramolecular Hbond substituents is 1. The molecule has 1 aliphatic heterocycles. The van der Waals surface area contributed by atoms with Crippen molar-refractivity contribution in [2.75, 3.05) is 13.1 Å². The van der Waals surface area contributed by atoms with Gasteiger partial charge in [0.2, 0.25) is 5.91 Å². The lowest BCUT2D eigenvalue weighted by Gasteiger charge is -2.39. The second kappa shape index (κ2) is 7.89. The highest BCUT2D eigenvalue weighted by Gasteiger charge is 2.34. The summed E-state index contributed by atoms with van der Waals surface area (Å²) < 4.78 is 1.74. The molecule has 0 unspecified atom stereocenters. The van der Waals surface area contributed by atoms with Crippen LogP contribution in [0.1, 0.15) is 31.6 Å². The van der Waals surface area contributed by atoms with Gasteiger partial charge in [0.1, 0.15) is 11.6 Å². The van der Waals surface area contributed by atoms with Gasteiger partial charge in [-0.15, -0.1) is 0 Å². The molecule has 6 nitrogen and oxygen atoms in total. The molecule has 6 heteroatoms. The van der Waals surface area contributed by atoms with E-state index in [4.69, 9.17) is 4.98 Å². The zero-order valence-corrected chi connectivity index (χ0v) is 18.7. The maximum atomic E-state index is 13.6. The third kappa shape index (κ3) is 3.48. The molecule has 4 aromatic rings. The first-order valence-electron chi connectivity index (χ1n) is 11.1. The minimum absolute atomic E-state index is 0.0168. The van der Waals surface area contributed by atoms with E-state index in [1.807, 2.05) is 56.3 Å². The summed E-state index contributed by atoms with van der Waals surface area (Å²) in [5.41, 5.74) is 2.26. The van der Waals surface area contributed by atoms with Crippen molar-refractivity contribution < 1.29 is 9.90 Å². The molecule has 0 bridgehead atoms. The van der Waals surface area contributed by atoms with Crippen molar-refractivity contribution in [1.82, 2.24) is 14.5 Å². The number of phenols is 1. The second-order valence-electron chi connectivity index (χ2n) is 8.83. The van der Waals surface area contributed by atoms with E-state index in [-0.39, 0.29) is 29.2 Å². The fourth-order valence-electron chi connectivity index (χ4n) is 4.66. The van der Waals surface area contributed by atoms with Gasteiger partial charge in [0.05, 0.1) is 16.8 Å². The Balaban J connectivity index is 1.65. The molecule has 2 heterocycles. The van der Waals surface area contributed by atoms with Gasteiger partial charge in [0, 0.05) is 19.1 Å². The van der Waals surface area contributed by atoms with Gasteiger partial charge in [-0.2, -0.15) is 0 Å². The molecule has 1 aliphatic rings. The van der Waals surface area contributed by atoms with Gasteiger partial charge in [-0.3, -0.25) is 14.2 Å². The van der Waals surface area contributed by atoms with Crippen LogP contribution in [0.3, 0.4) is 0 Å². The smallest absolute Gasteiger partial charge is 0.261 e. The first-order valence-corrected chi connectivity index (χ1v) is 11.1. The maximum absolute atomic E-state index is 13.6. The number of hydrogen-bond donors (Lipinski definition) is 1. The molecule has 0 saturated carbocycles. The Morgan fingerprint density at radius 1 is 1.12 bits per heavy atom. The van der Waals surface area contributed by atoms with E-state index in [1.165, 1.54) is 6.08 Å². The Morgan fingerprint density at radius 3 is 2.61 bits per heavy atom. The van der Waals surface area contributed by atoms with Crippen LogP contribution < -0.4 is 5.56 Å². The highest BCUT2D eigenvalue weighted by Crippen LogP contribution is 2.34. The van der Waals surface area contributed by atoms with E-state index in [0.717, 1.165) is 21.9 Å². The van der Waals surface area contributed by atoms with Crippen molar-refractivity contribution in [3.63, 3.8) is 0 Å². The van der Waals surface area contributed by atoms with Gasteiger partial charge in [-0.1, -0.05) is 36.9 Å². The summed E-state index contributed by atoms with van der Waals surface area (Å²) in [5.74, 6) is 0.809. The van der Waals surface area contributed by atoms with Crippen LogP contribution in [-0.2, 0) is 4.79 Å². The molecule has 0 spiro atoms. The summed E-state index contributed by atoms with van der Waals surface area (Å²) in [5, 5.41) is 12.7. The molecule has 166 valence electrons. The summed E-state index contributed by atoms with van der Waals surface area (Å²) in [6.45, 7) is 8.54. The number of carbonyl (C=O) groups is 1. The molecule has 1 fully saturated rings. The van der Waals surface area contributed by atoms with Gasteiger partial charge in [0.15, 0.2) is 0 Å². The largest absolute Gasteiger partial charge is 0.508 e. The Morgan fingerprint density at radius 2 is 1.88 bits per heavy atom. The summed E-state index contributed by atoms with van der Waals surface area (Å²) in [6.07, 6.45) is 1.31. The normalized spacial score (nSPS) is 14.1. The lowest BCUT2D eigenvalue weighted by atomic mass is 9.96. The van der Waals surface area contributed by atoms with E-state index in [9.17, 15) is 14.7 Å². The predicted molar refractivity (Wildman–Crippen MR) is 131 cm³/mol. The predicted octanol–water partition coefficient (Wildman–Crippen LogP) is 4.62. The fourth-order valence-corrected chi connectivity index (χ4v) is 4.66. The molecule has 1 saturated heterocycles. The number of likely N-dealkylation sites (tertiary alicyclic amines) is 1. The Hall–Kier alpha value is -3.93. The summed E-state index contributed by atoms with van der Waals surface area (Å²) in [7, 11) is 0. The van der Waals surface area contributed by atoms with Gasteiger partial charge in [-0.05, 0) is 66.1 Å². The number of nitrogens with zero attached hydrogens (tertiary/aromatic N) is 3. The molecule has 0 radical (unpaired) electrons. The number of benzene rings is 3. The number of carbonyl (C=O) groups excluding carboxylic acids is 1. The number of aromatic nitrogens is 2. The lowest BCUT2D eigenvalue weighted by molar-refractivity contribution is -0.130. The lowest BCUT2D eigenvalue weighted by Crippen LogP contribution is -2.49. The van der Waals surface area contributed by atoms with Gasteiger partial charge in [0.25, 0.3) is 5.56 Å². The zero-order chi connectivity index (χ0) is 23.3. The van der Waals surface area contributed by atoms with Crippen LogP contribution in [0.15, 0.2) is 72.0 Å². The summed E-state index contributed by atoms with van der Waals surface area (Å²) >= 11 is 0. The van der Waals surface area contributed by atoms with E-state index in [2.05, 4.69) is 6.58 Å². The standard InChI is InChI=1S/C27H25N3O3/c1-4-25(32)29-14-19(15-29)26-28-24-10-9-18(12-23(24)27(33)30(26)16(2)3)22-13-20(31)11-17-7-5-6-8-21(17)22/h4-13,16,19,31H,1,14-15H2,2-3H3. The quantitative estimate of drug-likeness (QED) is 0.471. The van der Waals surface area contributed by atoms with Crippen molar-refractivity contribution >= 4 is 27.6 Å². The van der Waals surface area contributed by atoms with Crippen LogP contribution in [0.5, 0.6) is 5.75 Å². The molecule has 1 N–H and O–H groups in total. The third-order valence-electron chi connectivity index (χ3n) is 6.33. The maximum Gasteiger partial charge on any atom is 0.261 e. The molecule has 0 atom stereocenters. The first kappa shape index (κ1) is 20.9. The number of hydrogen-bond acceptors (Lipinski definition) is 4. The monoisotopic (exact) mass is 439 g/mol. The molecule has 5 rings (SSSR count). The average molecular weight is 440 g/mol. The number of rotatable bonds is 4. The molecular formula is C27H25N3O3.